The summed E-state index contributed by atoms with van der Waals surface area (Å²) in [5, 5.41) is 7.12. The van der Waals surface area contributed by atoms with Crippen LogP contribution in [0.25, 0.3) is 82.5 Å². The molecule has 2 aromatic heterocycles. The third-order valence-corrected chi connectivity index (χ3v) is 10.9. The van der Waals surface area contributed by atoms with Crippen LogP contribution in [0.15, 0.2) is 211 Å². The van der Waals surface area contributed by atoms with Crippen molar-refractivity contribution in [3.63, 3.8) is 0 Å². The molecule has 0 saturated heterocycles. The number of para-hydroxylation sites is 3. The Bertz CT molecular complexity index is 3180. The maximum absolute atomic E-state index is 6.40. The van der Waals surface area contributed by atoms with Gasteiger partial charge in [0.25, 0.3) is 0 Å². The van der Waals surface area contributed by atoms with Crippen LogP contribution in [-0.2, 0) is 0 Å². The average molecular weight is 703 g/mol. The van der Waals surface area contributed by atoms with Gasteiger partial charge in [-0.25, -0.2) is 0 Å². The lowest BCUT2D eigenvalue weighted by atomic mass is 9.94. The Morgan fingerprint density at radius 3 is 1.75 bits per heavy atom. The van der Waals surface area contributed by atoms with E-state index in [0.717, 1.165) is 50.2 Å². The van der Waals surface area contributed by atoms with Crippen molar-refractivity contribution >= 4 is 71.6 Å². The predicted molar refractivity (Wildman–Crippen MR) is 231 cm³/mol. The molecule has 0 N–H and O–H groups in total. The molecular formula is C52H34N2O. The van der Waals surface area contributed by atoms with Crippen molar-refractivity contribution < 1.29 is 4.42 Å². The molecule has 258 valence electrons. The fourth-order valence-electron chi connectivity index (χ4n) is 8.43. The molecule has 3 nitrogen and oxygen atoms in total. The van der Waals surface area contributed by atoms with E-state index in [1.54, 1.807) is 0 Å². The lowest BCUT2D eigenvalue weighted by molar-refractivity contribution is 0.669. The molecule has 0 aliphatic rings. The number of benzene rings is 9. The monoisotopic (exact) mass is 702 g/mol. The summed E-state index contributed by atoms with van der Waals surface area (Å²) in [6, 6.07) is 74.0. The van der Waals surface area contributed by atoms with Gasteiger partial charge in [-0.2, -0.15) is 0 Å². The Hall–Kier alpha value is -7.36. The lowest BCUT2D eigenvalue weighted by Crippen LogP contribution is -2.09. The van der Waals surface area contributed by atoms with Crippen molar-refractivity contribution in [2.75, 3.05) is 4.90 Å². The summed E-state index contributed by atoms with van der Waals surface area (Å²) in [6.07, 6.45) is 0. The first-order valence-corrected chi connectivity index (χ1v) is 18.8. The molecule has 0 radical (unpaired) electrons. The van der Waals surface area contributed by atoms with Crippen molar-refractivity contribution in [1.82, 2.24) is 4.57 Å². The summed E-state index contributed by atoms with van der Waals surface area (Å²) in [5.74, 6) is 0. The van der Waals surface area contributed by atoms with Gasteiger partial charge in [-0.3, -0.25) is 0 Å². The molecule has 0 saturated carbocycles. The summed E-state index contributed by atoms with van der Waals surface area (Å²) in [6.45, 7) is 0. The van der Waals surface area contributed by atoms with Crippen molar-refractivity contribution in [2.24, 2.45) is 0 Å². The van der Waals surface area contributed by atoms with Gasteiger partial charge in [0, 0.05) is 55.7 Å². The zero-order valence-electron chi connectivity index (χ0n) is 29.9. The summed E-state index contributed by atoms with van der Waals surface area (Å²) < 4.78 is 8.86. The van der Waals surface area contributed by atoms with Crippen LogP contribution in [0.3, 0.4) is 0 Å². The number of hydrogen-bond donors (Lipinski definition) is 0. The minimum absolute atomic E-state index is 0.869. The molecule has 11 aromatic rings. The number of anilines is 3. The van der Waals surface area contributed by atoms with E-state index in [2.05, 4.69) is 204 Å². The number of nitrogens with zero attached hydrogens (tertiary/aromatic N) is 2. The molecule has 0 aliphatic carbocycles. The first-order chi connectivity index (χ1) is 27.3. The van der Waals surface area contributed by atoms with Gasteiger partial charge in [0.2, 0.25) is 0 Å². The average Bonchev–Trinajstić information content (AvgIpc) is 3.80. The van der Waals surface area contributed by atoms with Gasteiger partial charge < -0.3 is 13.9 Å². The zero-order valence-corrected chi connectivity index (χ0v) is 29.9. The van der Waals surface area contributed by atoms with Crippen LogP contribution in [0.1, 0.15) is 0 Å². The van der Waals surface area contributed by atoms with Crippen LogP contribution in [0.2, 0.25) is 0 Å². The lowest BCUT2D eigenvalue weighted by Gasteiger charge is -2.25. The molecule has 9 aromatic carbocycles. The zero-order chi connectivity index (χ0) is 36.3. The number of rotatable bonds is 6. The minimum atomic E-state index is 0.869. The number of fused-ring (bicyclic) bond motifs is 8. The molecule has 3 heteroatoms. The van der Waals surface area contributed by atoms with Gasteiger partial charge in [0.1, 0.15) is 11.2 Å². The van der Waals surface area contributed by atoms with Crippen molar-refractivity contribution in [2.45, 2.75) is 0 Å². The maximum Gasteiger partial charge on any atom is 0.137 e. The summed E-state index contributed by atoms with van der Waals surface area (Å²) >= 11 is 0. The minimum Gasteiger partial charge on any atom is -0.456 e. The largest absolute Gasteiger partial charge is 0.456 e. The van der Waals surface area contributed by atoms with Crippen LogP contribution >= 0.6 is 0 Å². The Morgan fingerprint density at radius 1 is 0.382 bits per heavy atom. The Labute approximate surface area is 318 Å². The first kappa shape index (κ1) is 31.2. The Balaban J connectivity index is 1.18. The van der Waals surface area contributed by atoms with Gasteiger partial charge in [0.05, 0.1) is 11.0 Å². The highest BCUT2D eigenvalue weighted by Gasteiger charge is 2.22. The van der Waals surface area contributed by atoms with Crippen LogP contribution in [-0.4, -0.2) is 4.57 Å². The first-order valence-electron chi connectivity index (χ1n) is 18.8. The van der Waals surface area contributed by atoms with Crippen LogP contribution in [0.4, 0.5) is 17.1 Å². The van der Waals surface area contributed by atoms with E-state index >= 15 is 0 Å². The standard InChI is InChI=1S/C52H34N2O/c1-4-14-35(15-5-1)36-24-26-37(27-25-36)47-32-38-16-10-11-21-43(38)52-51(47)46-31-29-41(33-48(46)54(52)40-19-8-3-9-20-40)53(39-17-6-2-7-18-39)42-28-30-45-44-22-12-13-23-49(44)55-50(45)34-42/h1-34H. The summed E-state index contributed by atoms with van der Waals surface area (Å²) in [7, 11) is 0. The van der Waals surface area contributed by atoms with Gasteiger partial charge in [0.15, 0.2) is 0 Å². The molecule has 0 fully saturated rings. The van der Waals surface area contributed by atoms with E-state index in [1.165, 1.54) is 49.3 Å². The van der Waals surface area contributed by atoms with E-state index in [9.17, 15) is 0 Å². The molecule has 0 atom stereocenters. The summed E-state index contributed by atoms with van der Waals surface area (Å²) in [5.41, 5.74) is 13.2. The molecule has 0 spiro atoms. The van der Waals surface area contributed by atoms with Gasteiger partial charge in [-0.1, -0.05) is 140 Å². The molecule has 11 rings (SSSR count). The van der Waals surface area contributed by atoms with Crippen molar-refractivity contribution in [1.29, 1.82) is 0 Å². The van der Waals surface area contributed by atoms with E-state index in [4.69, 9.17) is 4.42 Å². The van der Waals surface area contributed by atoms with E-state index in [1.807, 2.05) is 12.1 Å². The van der Waals surface area contributed by atoms with E-state index < -0.39 is 0 Å². The molecular weight excluding hydrogens is 669 g/mol. The van der Waals surface area contributed by atoms with Crippen LogP contribution in [0, 0.1) is 0 Å². The molecule has 0 amide bonds. The highest BCUT2D eigenvalue weighted by Crippen LogP contribution is 2.46. The van der Waals surface area contributed by atoms with Crippen LogP contribution in [0.5, 0.6) is 0 Å². The SMILES string of the molecule is c1ccc(-c2ccc(-c3cc4ccccc4c4c3c3ccc(N(c5ccccc5)c5ccc6c(c5)oc5ccccc56)cc3n4-c3ccccc3)cc2)cc1. The smallest absolute Gasteiger partial charge is 0.137 e. The normalized spacial score (nSPS) is 11.6. The Morgan fingerprint density at radius 2 is 0.964 bits per heavy atom. The molecule has 2 heterocycles. The third kappa shape index (κ3) is 5.13. The van der Waals surface area contributed by atoms with E-state index in [0.29, 0.717) is 0 Å². The number of furan rings is 1. The van der Waals surface area contributed by atoms with Gasteiger partial charge in [-0.15, -0.1) is 0 Å². The predicted octanol–water partition coefficient (Wildman–Crippen LogP) is 14.6. The Kier molecular flexibility index (Phi) is 7.17. The quantitative estimate of drug-likeness (QED) is 0.172. The second kappa shape index (κ2) is 12.6. The highest BCUT2D eigenvalue weighted by atomic mass is 16.3. The molecule has 55 heavy (non-hydrogen) atoms. The van der Waals surface area contributed by atoms with Gasteiger partial charge in [-0.05, 0) is 88.3 Å². The second-order valence-corrected chi connectivity index (χ2v) is 14.1. The molecule has 0 bridgehead atoms. The van der Waals surface area contributed by atoms with Gasteiger partial charge >= 0.3 is 0 Å². The fourth-order valence-corrected chi connectivity index (χ4v) is 8.43. The van der Waals surface area contributed by atoms with Crippen molar-refractivity contribution in [3.8, 4) is 27.9 Å². The van der Waals surface area contributed by atoms with Crippen molar-refractivity contribution in [3.05, 3.63) is 206 Å². The second-order valence-electron chi connectivity index (χ2n) is 14.1. The van der Waals surface area contributed by atoms with E-state index in [-0.39, 0.29) is 0 Å². The highest BCUT2D eigenvalue weighted by molar-refractivity contribution is 6.24. The molecule has 0 unspecified atom stereocenters. The van der Waals surface area contributed by atoms with Crippen LogP contribution < -0.4 is 4.90 Å². The third-order valence-electron chi connectivity index (χ3n) is 10.9. The summed E-state index contributed by atoms with van der Waals surface area (Å²) in [4.78, 5) is 2.33. The number of hydrogen-bond acceptors (Lipinski definition) is 2. The fraction of sp³-hybridized carbons (Fsp3) is 0. The topological polar surface area (TPSA) is 21.3 Å². The number of aromatic nitrogens is 1. The maximum atomic E-state index is 6.40. The molecule has 0 aliphatic heterocycles.